The van der Waals surface area contributed by atoms with Crippen molar-refractivity contribution in [1.29, 1.82) is 0 Å². The number of carboxylic acids is 1. The van der Waals surface area contributed by atoms with Crippen molar-refractivity contribution >= 4 is 18.0 Å². The minimum atomic E-state index is -1.41. The van der Waals surface area contributed by atoms with Crippen molar-refractivity contribution in [2.75, 3.05) is 13.2 Å². The van der Waals surface area contributed by atoms with Gasteiger partial charge in [0.15, 0.2) is 0 Å². The third kappa shape index (κ3) is 16.1. The van der Waals surface area contributed by atoms with Gasteiger partial charge < -0.3 is 19.9 Å². The standard InChI is InChI=1S/C43H65NO6/c1-2-3-4-5-6-7-8-9-10-11-12-13-14-15-16-17-18-19-20-21-22-27-32-49-41(45)33-40(42(46)47)44-43(48)50-34-39-37-30-25-23-28-35(37)36-29-24-26-31-38(36)39/h23-26,28-31,39-40H,2-22,27,32-34H2,1H3,(H,44,48)(H,46,47)/t40-/m0/s1. The van der Waals surface area contributed by atoms with E-state index in [9.17, 15) is 19.5 Å². The first-order chi connectivity index (χ1) is 24.5. The highest BCUT2D eigenvalue weighted by atomic mass is 16.6. The highest BCUT2D eigenvalue weighted by Crippen LogP contribution is 2.44. The molecule has 1 aliphatic carbocycles. The lowest BCUT2D eigenvalue weighted by Gasteiger charge is -2.17. The van der Waals surface area contributed by atoms with Gasteiger partial charge in [-0.3, -0.25) is 4.79 Å². The molecule has 1 amide bonds. The quantitative estimate of drug-likeness (QED) is 0.0650. The van der Waals surface area contributed by atoms with E-state index in [0.717, 1.165) is 41.5 Å². The zero-order valence-corrected chi connectivity index (χ0v) is 30.9. The highest BCUT2D eigenvalue weighted by molar-refractivity contribution is 5.85. The number of carbonyl (C=O) groups is 3. The first kappa shape index (κ1) is 41.1. The van der Waals surface area contributed by atoms with Crippen molar-refractivity contribution in [2.24, 2.45) is 0 Å². The fraction of sp³-hybridized carbons (Fsp3) is 0.651. The smallest absolute Gasteiger partial charge is 0.407 e. The Kier molecular flexibility index (Phi) is 21.0. The number of aliphatic carboxylic acids is 1. The molecule has 2 aromatic carbocycles. The summed E-state index contributed by atoms with van der Waals surface area (Å²) < 4.78 is 10.7. The number of nitrogens with one attached hydrogen (secondary N) is 1. The van der Waals surface area contributed by atoms with E-state index in [1.807, 2.05) is 48.5 Å². The molecule has 0 saturated carbocycles. The molecule has 2 aromatic rings. The fourth-order valence-electron chi connectivity index (χ4n) is 7.10. The second-order valence-corrected chi connectivity index (χ2v) is 14.2. The number of hydrogen-bond donors (Lipinski definition) is 2. The predicted octanol–water partition coefficient (Wildman–Crippen LogP) is 11.5. The van der Waals surface area contributed by atoms with Crippen LogP contribution in [0.3, 0.4) is 0 Å². The molecular weight excluding hydrogens is 626 g/mol. The van der Waals surface area contributed by atoms with Gasteiger partial charge in [0.05, 0.1) is 13.0 Å². The van der Waals surface area contributed by atoms with Crippen molar-refractivity contribution in [3.05, 3.63) is 59.7 Å². The van der Waals surface area contributed by atoms with Crippen LogP contribution >= 0.6 is 0 Å². The zero-order chi connectivity index (χ0) is 35.7. The van der Waals surface area contributed by atoms with Gasteiger partial charge in [-0.05, 0) is 28.7 Å². The SMILES string of the molecule is CCCCCCCCCCCCCCCCCCCCCCCCOC(=O)C[C@H](NC(=O)OCC1c2ccccc2-c2ccccc21)C(=O)O. The van der Waals surface area contributed by atoms with E-state index in [1.165, 1.54) is 122 Å². The second kappa shape index (κ2) is 25.6. The average molecular weight is 692 g/mol. The van der Waals surface area contributed by atoms with Crippen molar-refractivity contribution in [1.82, 2.24) is 5.32 Å². The van der Waals surface area contributed by atoms with Crippen LogP contribution in [0.4, 0.5) is 4.79 Å². The Labute approximate surface area is 302 Å². The Bertz CT molecular complexity index is 1200. The highest BCUT2D eigenvalue weighted by Gasteiger charge is 2.30. The summed E-state index contributed by atoms with van der Waals surface area (Å²) in [6.07, 6.45) is 27.7. The van der Waals surface area contributed by atoms with E-state index in [0.29, 0.717) is 0 Å². The number of carbonyl (C=O) groups excluding carboxylic acids is 2. The number of amides is 1. The fourth-order valence-corrected chi connectivity index (χ4v) is 7.10. The van der Waals surface area contributed by atoms with Crippen LogP contribution < -0.4 is 5.32 Å². The molecule has 3 rings (SSSR count). The number of alkyl carbamates (subject to hydrolysis) is 1. The molecule has 1 aliphatic rings. The summed E-state index contributed by atoms with van der Waals surface area (Å²) in [4.78, 5) is 36.6. The number of rotatable bonds is 29. The Morgan fingerprint density at radius 1 is 0.600 bits per heavy atom. The van der Waals surface area contributed by atoms with Gasteiger partial charge in [-0.25, -0.2) is 9.59 Å². The lowest BCUT2D eigenvalue weighted by Crippen LogP contribution is -2.43. The molecule has 0 fully saturated rings. The molecule has 0 aromatic heterocycles. The number of esters is 1. The van der Waals surface area contributed by atoms with Gasteiger partial charge in [0.2, 0.25) is 0 Å². The lowest BCUT2D eigenvalue weighted by molar-refractivity contribution is -0.149. The van der Waals surface area contributed by atoms with Crippen molar-refractivity contribution < 1.29 is 29.0 Å². The maximum Gasteiger partial charge on any atom is 0.407 e. The van der Waals surface area contributed by atoms with E-state index < -0.39 is 30.5 Å². The summed E-state index contributed by atoms with van der Waals surface area (Å²) in [6, 6.07) is 14.6. The van der Waals surface area contributed by atoms with E-state index in [-0.39, 0.29) is 19.1 Å². The Morgan fingerprint density at radius 2 is 1.00 bits per heavy atom. The topological polar surface area (TPSA) is 102 Å². The first-order valence-corrected chi connectivity index (χ1v) is 20.0. The van der Waals surface area contributed by atoms with E-state index in [4.69, 9.17) is 9.47 Å². The van der Waals surface area contributed by atoms with Crippen molar-refractivity contribution in [3.8, 4) is 11.1 Å². The Hall–Kier alpha value is -3.35. The molecular formula is C43H65NO6. The van der Waals surface area contributed by atoms with Crippen molar-refractivity contribution in [3.63, 3.8) is 0 Å². The number of hydrogen-bond acceptors (Lipinski definition) is 5. The molecule has 0 radical (unpaired) electrons. The van der Waals surface area contributed by atoms with E-state index in [2.05, 4.69) is 12.2 Å². The molecule has 0 spiro atoms. The predicted molar refractivity (Wildman–Crippen MR) is 202 cm³/mol. The van der Waals surface area contributed by atoms with Crippen LogP contribution in [0.1, 0.15) is 172 Å². The Balaban J connectivity index is 1.12. The summed E-state index contributed by atoms with van der Waals surface area (Å²) in [5.74, 6) is -2.08. The van der Waals surface area contributed by atoms with E-state index >= 15 is 0 Å². The summed E-state index contributed by atoms with van der Waals surface area (Å²) >= 11 is 0. The maximum absolute atomic E-state index is 12.5. The van der Waals surface area contributed by atoms with Crippen LogP contribution in [0.15, 0.2) is 48.5 Å². The van der Waals surface area contributed by atoms with Gasteiger partial charge in [0.1, 0.15) is 12.6 Å². The molecule has 50 heavy (non-hydrogen) atoms. The van der Waals surface area contributed by atoms with Crippen LogP contribution in [-0.4, -0.2) is 42.4 Å². The maximum atomic E-state index is 12.5. The molecule has 7 heteroatoms. The van der Waals surface area contributed by atoms with Crippen LogP contribution in [-0.2, 0) is 19.1 Å². The third-order valence-corrected chi connectivity index (χ3v) is 10.1. The van der Waals surface area contributed by atoms with Crippen LogP contribution in [0, 0.1) is 0 Å². The molecule has 0 bridgehead atoms. The third-order valence-electron chi connectivity index (χ3n) is 10.1. The lowest BCUT2D eigenvalue weighted by atomic mass is 9.98. The Morgan fingerprint density at radius 3 is 1.42 bits per heavy atom. The largest absolute Gasteiger partial charge is 0.480 e. The van der Waals surface area contributed by atoms with E-state index in [1.54, 1.807) is 0 Å². The number of carboxylic acid groups (broad SMARTS) is 1. The van der Waals surface area contributed by atoms with Gasteiger partial charge in [0.25, 0.3) is 0 Å². The molecule has 1 atom stereocenters. The molecule has 278 valence electrons. The van der Waals surface area contributed by atoms with Gasteiger partial charge >= 0.3 is 18.0 Å². The summed E-state index contributed by atoms with van der Waals surface area (Å²) in [5.41, 5.74) is 4.34. The summed E-state index contributed by atoms with van der Waals surface area (Å²) in [5, 5.41) is 11.9. The molecule has 7 nitrogen and oxygen atoms in total. The number of benzene rings is 2. The minimum absolute atomic E-state index is 0.0656. The molecule has 2 N–H and O–H groups in total. The van der Waals surface area contributed by atoms with Gasteiger partial charge in [-0.15, -0.1) is 0 Å². The van der Waals surface area contributed by atoms with Gasteiger partial charge in [-0.2, -0.15) is 0 Å². The number of fused-ring (bicyclic) bond motifs is 3. The van der Waals surface area contributed by atoms with Crippen LogP contribution in [0.2, 0.25) is 0 Å². The monoisotopic (exact) mass is 691 g/mol. The first-order valence-electron chi connectivity index (χ1n) is 20.0. The molecule has 0 aliphatic heterocycles. The van der Waals surface area contributed by atoms with Crippen LogP contribution in [0.25, 0.3) is 11.1 Å². The molecule has 0 heterocycles. The zero-order valence-electron chi connectivity index (χ0n) is 30.9. The number of ether oxygens (including phenoxy) is 2. The molecule has 0 saturated heterocycles. The normalized spacial score (nSPS) is 12.7. The molecule has 0 unspecified atom stereocenters. The van der Waals surface area contributed by atoms with Crippen molar-refractivity contribution in [2.45, 2.75) is 167 Å². The second-order valence-electron chi connectivity index (χ2n) is 14.2. The van der Waals surface area contributed by atoms with Crippen LogP contribution in [0.5, 0.6) is 0 Å². The average Bonchev–Trinajstić information content (AvgIpc) is 3.44. The van der Waals surface area contributed by atoms with Gasteiger partial charge in [0, 0.05) is 5.92 Å². The summed E-state index contributed by atoms with van der Waals surface area (Å²) in [7, 11) is 0. The van der Waals surface area contributed by atoms with Gasteiger partial charge in [-0.1, -0.05) is 190 Å². The summed E-state index contributed by atoms with van der Waals surface area (Å²) in [6.45, 7) is 2.61. The number of unbranched alkanes of at least 4 members (excludes halogenated alkanes) is 21. The minimum Gasteiger partial charge on any atom is -0.480 e.